The van der Waals surface area contributed by atoms with E-state index in [-0.39, 0.29) is 18.4 Å². The molecule has 0 aliphatic carbocycles. The van der Waals surface area contributed by atoms with Crippen LogP contribution >= 0.6 is 0 Å². The van der Waals surface area contributed by atoms with E-state index in [4.69, 9.17) is 9.84 Å². The van der Waals surface area contributed by atoms with Gasteiger partial charge in [-0.3, -0.25) is 9.59 Å². The summed E-state index contributed by atoms with van der Waals surface area (Å²) in [7, 11) is 0. The van der Waals surface area contributed by atoms with Crippen molar-refractivity contribution in [3.8, 4) is 0 Å². The second-order valence-corrected chi connectivity index (χ2v) is 6.56. The predicted molar refractivity (Wildman–Crippen MR) is 90.3 cm³/mol. The number of carbonyl (C=O) groups excluding carboxylic acids is 1. The van der Waals surface area contributed by atoms with Crippen LogP contribution in [-0.4, -0.2) is 36.2 Å². The third-order valence-electron chi connectivity index (χ3n) is 4.56. The van der Waals surface area contributed by atoms with Crippen LogP contribution in [0.25, 0.3) is 0 Å². The Morgan fingerprint density at radius 2 is 1.83 bits per heavy atom. The first kappa shape index (κ1) is 19.9. The normalized spacial score (nSPS) is 20.6. The van der Waals surface area contributed by atoms with E-state index >= 15 is 0 Å². The Morgan fingerprint density at radius 3 is 2.57 bits per heavy atom. The highest BCUT2D eigenvalue weighted by molar-refractivity contribution is 5.76. The van der Waals surface area contributed by atoms with Crippen LogP contribution in [0.3, 0.4) is 0 Å². The maximum Gasteiger partial charge on any atom is 0.323 e. The number of esters is 1. The Bertz CT molecular complexity index is 346. The first-order valence-electron chi connectivity index (χ1n) is 9.27. The second kappa shape index (κ2) is 12.3. The Balaban J connectivity index is 2.12. The van der Waals surface area contributed by atoms with Crippen molar-refractivity contribution in [2.75, 3.05) is 13.2 Å². The lowest BCUT2D eigenvalue weighted by Gasteiger charge is -2.18. The SMILES string of the molecule is CCCCCCOC(=O)C1NCCC1CCCCCCC(=O)O. The molecule has 1 rings (SSSR count). The Morgan fingerprint density at radius 1 is 1.09 bits per heavy atom. The molecule has 0 saturated carbocycles. The number of hydrogen-bond donors (Lipinski definition) is 2. The molecule has 23 heavy (non-hydrogen) atoms. The number of carboxylic acid groups (broad SMARTS) is 1. The molecule has 0 spiro atoms. The topological polar surface area (TPSA) is 75.6 Å². The summed E-state index contributed by atoms with van der Waals surface area (Å²) < 4.78 is 5.41. The van der Waals surface area contributed by atoms with Crippen molar-refractivity contribution in [2.24, 2.45) is 5.92 Å². The number of carbonyl (C=O) groups is 2. The molecule has 1 heterocycles. The smallest absolute Gasteiger partial charge is 0.323 e. The fourth-order valence-corrected chi connectivity index (χ4v) is 3.17. The van der Waals surface area contributed by atoms with E-state index in [9.17, 15) is 9.59 Å². The van der Waals surface area contributed by atoms with E-state index in [2.05, 4.69) is 12.2 Å². The molecule has 2 N–H and O–H groups in total. The highest BCUT2D eigenvalue weighted by Crippen LogP contribution is 2.23. The molecule has 0 amide bonds. The van der Waals surface area contributed by atoms with Crippen molar-refractivity contribution in [1.29, 1.82) is 0 Å². The van der Waals surface area contributed by atoms with Crippen LogP contribution in [0.2, 0.25) is 0 Å². The first-order valence-corrected chi connectivity index (χ1v) is 9.27. The van der Waals surface area contributed by atoms with Gasteiger partial charge >= 0.3 is 11.9 Å². The van der Waals surface area contributed by atoms with E-state index in [0.29, 0.717) is 12.5 Å². The van der Waals surface area contributed by atoms with Crippen molar-refractivity contribution in [3.63, 3.8) is 0 Å². The molecule has 1 aliphatic rings. The highest BCUT2D eigenvalue weighted by Gasteiger charge is 2.33. The van der Waals surface area contributed by atoms with E-state index in [1.165, 1.54) is 12.8 Å². The summed E-state index contributed by atoms with van der Waals surface area (Å²) in [6, 6.07) is -0.139. The molecular weight excluding hydrogens is 294 g/mol. The molecule has 5 heteroatoms. The summed E-state index contributed by atoms with van der Waals surface area (Å²) in [6.07, 6.45) is 10.6. The fraction of sp³-hybridized carbons (Fsp3) is 0.889. The third kappa shape index (κ3) is 8.94. The molecule has 0 aromatic heterocycles. The zero-order chi connectivity index (χ0) is 16.9. The van der Waals surface area contributed by atoms with E-state index in [0.717, 1.165) is 57.9 Å². The third-order valence-corrected chi connectivity index (χ3v) is 4.56. The zero-order valence-electron chi connectivity index (χ0n) is 14.5. The lowest BCUT2D eigenvalue weighted by molar-refractivity contribution is -0.147. The van der Waals surface area contributed by atoms with Gasteiger partial charge in [0.1, 0.15) is 6.04 Å². The van der Waals surface area contributed by atoms with E-state index in [1.807, 2.05) is 0 Å². The Hall–Kier alpha value is -1.10. The minimum absolute atomic E-state index is 0.0881. The second-order valence-electron chi connectivity index (χ2n) is 6.56. The molecule has 0 bridgehead atoms. The van der Waals surface area contributed by atoms with Crippen molar-refractivity contribution >= 4 is 11.9 Å². The van der Waals surface area contributed by atoms with Gasteiger partial charge in [0.2, 0.25) is 0 Å². The van der Waals surface area contributed by atoms with Gasteiger partial charge in [-0.2, -0.15) is 0 Å². The molecule has 0 aromatic rings. The lowest BCUT2D eigenvalue weighted by atomic mass is 9.93. The quantitative estimate of drug-likeness (QED) is 0.400. The molecule has 2 unspecified atom stereocenters. The number of ether oxygens (including phenoxy) is 1. The first-order chi connectivity index (χ1) is 11.1. The maximum atomic E-state index is 12.1. The molecule has 5 nitrogen and oxygen atoms in total. The number of unbranched alkanes of at least 4 members (excludes halogenated alkanes) is 6. The van der Waals surface area contributed by atoms with Crippen LogP contribution in [-0.2, 0) is 14.3 Å². The summed E-state index contributed by atoms with van der Waals surface area (Å²) in [5, 5.41) is 11.9. The Kier molecular flexibility index (Phi) is 10.7. The van der Waals surface area contributed by atoms with Gasteiger partial charge < -0.3 is 15.2 Å². The highest BCUT2D eigenvalue weighted by atomic mass is 16.5. The molecule has 0 radical (unpaired) electrons. The number of rotatable bonds is 13. The van der Waals surface area contributed by atoms with Gasteiger partial charge in [-0.1, -0.05) is 45.4 Å². The number of aliphatic carboxylic acids is 1. The molecular formula is C18H33NO4. The van der Waals surface area contributed by atoms with Crippen LogP contribution < -0.4 is 5.32 Å². The molecule has 1 fully saturated rings. The molecule has 134 valence electrons. The van der Waals surface area contributed by atoms with Crippen molar-refractivity contribution in [1.82, 2.24) is 5.32 Å². The summed E-state index contributed by atoms with van der Waals surface area (Å²) in [4.78, 5) is 22.6. The molecule has 2 atom stereocenters. The lowest BCUT2D eigenvalue weighted by Crippen LogP contribution is -2.37. The fourth-order valence-electron chi connectivity index (χ4n) is 3.17. The van der Waals surface area contributed by atoms with Gasteiger partial charge in [-0.25, -0.2) is 0 Å². The average molecular weight is 327 g/mol. The standard InChI is InChI=1S/C18H33NO4/c1-2-3-4-9-14-23-18(22)17-15(12-13-19-17)10-7-5-6-8-11-16(20)21/h15,17,19H,2-14H2,1H3,(H,20,21). The van der Waals surface area contributed by atoms with Crippen LogP contribution in [0.15, 0.2) is 0 Å². The molecule has 1 aliphatic heterocycles. The minimum atomic E-state index is -0.716. The number of hydrogen-bond acceptors (Lipinski definition) is 4. The van der Waals surface area contributed by atoms with Gasteiger partial charge in [0, 0.05) is 6.42 Å². The number of nitrogens with one attached hydrogen (secondary N) is 1. The maximum absolute atomic E-state index is 12.1. The van der Waals surface area contributed by atoms with E-state index < -0.39 is 5.97 Å². The van der Waals surface area contributed by atoms with Crippen molar-refractivity contribution in [3.05, 3.63) is 0 Å². The summed E-state index contributed by atoms with van der Waals surface area (Å²) in [6.45, 7) is 3.60. The Labute approximate surface area is 140 Å². The summed E-state index contributed by atoms with van der Waals surface area (Å²) in [5.41, 5.74) is 0. The summed E-state index contributed by atoms with van der Waals surface area (Å²) in [5.74, 6) is -0.431. The van der Waals surface area contributed by atoms with Gasteiger partial charge in [-0.15, -0.1) is 0 Å². The van der Waals surface area contributed by atoms with E-state index in [1.54, 1.807) is 0 Å². The van der Waals surface area contributed by atoms with Gasteiger partial charge in [0.25, 0.3) is 0 Å². The van der Waals surface area contributed by atoms with Crippen LogP contribution in [0.1, 0.15) is 77.6 Å². The minimum Gasteiger partial charge on any atom is -0.481 e. The van der Waals surface area contributed by atoms with Gasteiger partial charge in [0.15, 0.2) is 0 Å². The average Bonchev–Trinajstić information content (AvgIpc) is 2.98. The largest absolute Gasteiger partial charge is 0.481 e. The number of carboxylic acids is 1. The molecule has 0 aromatic carbocycles. The monoisotopic (exact) mass is 327 g/mol. The van der Waals surface area contributed by atoms with Gasteiger partial charge in [-0.05, 0) is 38.1 Å². The van der Waals surface area contributed by atoms with Crippen LogP contribution in [0.5, 0.6) is 0 Å². The van der Waals surface area contributed by atoms with Crippen LogP contribution in [0.4, 0.5) is 0 Å². The van der Waals surface area contributed by atoms with Gasteiger partial charge in [0.05, 0.1) is 6.61 Å². The zero-order valence-corrected chi connectivity index (χ0v) is 14.5. The van der Waals surface area contributed by atoms with Crippen molar-refractivity contribution in [2.45, 2.75) is 83.6 Å². The summed E-state index contributed by atoms with van der Waals surface area (Å²) >= 11 is 0. The van der Waals surface area contributed by atoms with Crippen molar-refractivity contribution < 1.29 is 19.4 Å². The predicted octanol–water partition coefficient (Wildman–Crippen LogP) is 3.51. The van der Waals surface area contributed by atoms with Crippen LogP contribution in [0, 0.1) is 5.92 Å². The molecule has 1 saturated heterocycles.